The molecule has 0 aliphatic carbocycles. The third-order valence-electron chi connectivity index (χ3n) is 2.75. The highest BCUT2D eigenvalue weighted by atomic mass is 35.5. The lowest BCUT2D eigenvalue weighted by Crippen LogP contribution is -1.88. The van der Waals surface area contributed by atoms with E-state index < -0.39 is 4.92 Å². The summed E-state index contributed by atoms with van der Waals surface area (Å²) in [4.78, 5) is 21.6. The summed E-state index contributed by atoms with van der Waals surface area (Å²) in [7, 11) is 0. The number of fused-ring (bicyclic) bond motifs is 1. The molecule has 3 aromatic rings. The lowest BCUT2D eigenvalue weighted by molar-refractivity contribution is -0.384. The number of rotatable bonds is 2. The van der Waals surface area contributed by atoms with Crippen molar-refractivity contribution >= 4 is 39.9 Å². The highest BCUT2D eigenvalue weighted by molar-refractivity contribution is 6.33. The molecule has 0 unspecified atom stereocenters. The predicted molar refractivity (Wildman–Crippen MR) is 76.0 cm³/mol. The molecule has 0 amide bonds. The minimum absolute atomic E-state index is 0.0507. The van der Waals surface area contributed by atoms with Crippen LogP contribution in [0.1, 0.15) is 0 Å². The summed E-state index contributed by atoms with van der Waals surface area (Å²) in [5.74, 6) is 0.542. The van der Waals surface area contributed by atoms with E-state index >= 15 is 0 Å². The normalized spacial score (nSPS) is 10.9. The number of hydrogen-bond acceptors (Lipinski definition) is 4. The number of imidazole rings is 1. The Hall–Kier alpha value is -2.18. The van der Waals surface area contributed by atoms with Crippen LogP contribution in [0.25, 0.3) is 22.4 Å². The molecule has 0 fully saturated rings. The Morgan fingerprint density at radius 2 is 2.05 bits per heavy atom. The minimum Gasteiger partial charge on any atom is -0.338 e. The Bertz CT molecular complexity index is 814. The Morgan fingerprint density at radius 3 is 2.70 bits per heavy atom. The van der Waals surface area contributed by atoms with Gasteiger partial charge in [0.1, 0.15) is 16.0 Å². The fourth-order valence-electron chi connectivity index (χ4n) is 1.81. The lowest BCUT2D eigenvalue weighted by Gasteiger charge is -1.94. The van der Waals surface area contributed by atoms with E-state index in [-0.39, 0.29) is 10.7 Å². The molecule has 1 N–H and O–H groups in total. The van der Waals surface area contributed by atoms with Crippen molar-refractivity contribution in [3.63, 3.8) is 0 Å². The molecule has 20 heavy (non-hydrogen) atoms. The van der Waals surface area contributed by atoms with Crippen molar-refractivity contribution in [1.29, 1.82) is 0 Å². The van der Waals surface area contributed by atoms with Gasteiger partial charge in [-0.3, -0.25) is 10.1 Å². The maximum atomic E-state index is 10.8. The van der Waals surface area contributed by atoms with Crippen molar-refractivity contribution < 1.29 is 4.92 Å². The van der Waals surface area contributed by atoms with Crippen molar-refractivity contribution in [1.82, 2.24) is 15.0 Å². The number of aromatic amines is 1. The van der Waals surface area contributed by atoms with Gasteiger partial charge in [0.2, 0.25) is 0 Å². The zero-order valence-corrected chi connectivity index (χ0v) is 11.3. The zero-order chi connectivity index (χ0) is 14.3. The monoisotopic (exact) mass is 308 g/mol. The lowest BCUT2D eigenvalue weighted by atomic mass is 10.3. The molecule has 0 radical (unpaired) electrons. The minimum atomic E-state index is -0.536. The van der Waals surface area contributed by atoms with Crippen LogP contribution < -0.4 is 0 Å². The number of hydrogen-bond donors (Lipinski definition) is 1. The van der Waals surface area contributed by atoms with Gasteiger partial charge in [-0.05, 0) is 18.2 Å². The van der Waals surface area contributed by atoms with E-state index in [2.05, 4.69) is 15.0 Å². The van der Waals surface area contributed by atoms with E-state index in [0.717, 1.165) is 5.56 Å². The number of nitro benzene ring substituents is 1. The van der Waals surface area contributed by atoms with Gasteiger partial charge in [-0.1, -0.05) is 23.2 Å². The number of halogens is 2. The largest absolute Gasteiger partial charge is 0.338 e. The van der Waals surface area contributed by atoms with Crippen LogP contribution in [-0.4, -0.2) is 19.9 Å². The summed E-state index contributed by atoms with van der Waals surface area (Å²) < 4.78 is 0. The summed E-state index contributed by atoms with van der Waals surface area (Å²) in [6.07, 6.45) is 1.57. The molecule has 6 nitrogen and oxygen atoms in total. The molecule has 1 aromatic carbocycles. The van der Waals surface area contributed by atoms with Gasteiger partial charge in [-0.2, -0.15) is 0 Å². The van der Waals surface area contributed by atoms with E-state index in [1.54, 1.807) is 18.3 Å². The zero-order valence-electron chi connectivity index (χ0n) is 9.80. The number of pyridine rings is 1. The van der Waals surface area contributed by atoms with Gasteiger partial charge in [0.15, 0.2) is 0 Å². The maximum Gasteiger partial charge on any atom is 0.290 e. The second-order valence-electron chi connectivity index (χ2n) is 4.03. The molecule has 2 aromatic heterocycles. The first-order valence-corrected chi connectivity index (χ1v) is 6.26. The SMILES string of the molecule is O=[N+]([O-])c1cc2[nH]c(-c3ccc(Cl)nc3)nc2cc1Cl. The Kier molecular flexibility index (Phi) is 3.04. The fourth-order valence-corrected chi connectivity index (χ4v) is 2.15. The first kappa shape index (κ1) is 12.8. The van der Waals surface area contributed by atoms with Gasteiger partial charge in [-0.15, -0.1) is 0 Å². The molecule has 0 saturated heterocycles. The molecule has 8 heteroatoms. The number of H-pyrrole nitrogens is 1. The van der Waals surface area contributed by atoms with Crippen LogP contribution in [0.15, 0.2) is 30.5 Å². The summed E-state index contributed by atoms with van der Waals surface area (Å²) >= 11 is 11.6. The van der Waals surface area contributed by atoms with Crippen LogP contribution in [0, 0.1) is 10.1 Å². The molecule has 2 heterocycles. The number of nitrogens with one attached hydrogen (secondary N) is 1. The molecule has 0 atom stereocenters. The second kappa shape index (κ2) is 4.73. The van der Waals surface area contributed by atoms with Crippen LogP contribution in [0.3, 0.4) is 0 Å². The quantitative estimate of drug-likeness (QED) is 0.443. The average molecular weight is 309 g/mol. The van der Waals surface area contributed by atoms with Gasteiger partial charge >= 0.3 is 0 Å². The number of nitrogens with zero attached hydrogens (tertiary/aromatic N) is 3. The third-order valence-corrected chi connectivity index (χ3v) is 3.27. The van der Waals surface area contributed by atoms with E-state index in [0.29, 0.717) is 22.0 Å². The molecule has 0 bridgehead atoms. The molecule has 0 spiro atoms. The maximum absolute atomic E-state index is 10.8. The molecular formula is C12H6Cl2N4O2. The van der Waals surface area contributed by atoms with Crippen molar-refractivity contribution in [2.24, 2.45) is 0 Å². The van der Waals surface area contributed by atoms with E-state index in [1.807, 2.05) is 0 Å². The standard InChI is InChI=1S/C12H6Cl2N4O2/c13-7-3-8-9(4-10(7)18(19)20)17-12(16-8)6-1-2-11(14)15-5-6/h1-5H,(H,16,17). The van der Waals surface area contributed by atoms with Gasteiger partial charge < -0.3 is 4.98 Å². The Balaban J connectivity index is 2.15. The predicted octanol–water partition coefficient (Wildman–Crippen LogP) is 3.84. The highest BCUT2D eigenvalue weighted by Crippen LogP contribution is 2.30. The summed E-state index contributed by atoms with van der Waals surface area (Å²) in [6, 6.07) is 6.21. The molecular weight excluding hydrogens is 303 g/mol. The van der Waals surface area contributed by atoms with Gasteiger partial charge in [0.05, 0.1) is 16.0 Å². The Morgan fingerprint density at radius 1 is 1.25 bits per heavy atom. The number of aromatic nitrogens is 3. The smallest absolute Gasteiger partial charge is 0.290 e. The van der Waals surface area contributed by atoms with Crippen LogP contribution in [0.4, 0.5) is 5.69 Å². The third kappa shape index (κ3) is 2.19. The van der Waals surface area contributed by atoms with E-state index in [9.17, 15) is 10.1 Å². The first-order valence-electron chi connectivity index (χ1n) is 5.50. The van der Waals surface area contributed by atoms with Crippen molar-refractivity contribution in [2.75, 3.05) is 0 Å². The first-order chi connectivity index (χ1) is 9.54. The summed E-state index contributed by atoms with van der Waals surface area (Å²) in [5.41, 5.74) is 1.64. The van der Waals surface area contributed by atoms with E-state index in [4.69, 9.17) is 23.2 Å². The number of nitro groups is 1. The van der Waals surface area contributed by atoms with E-state index in [1.165, 1.54) is 12.1 Å². The molecule has 0 aliphatic rings. The average Bonchev–Trinajstić information content (AvgIpc) is 2.81. The van der Waals surface area contributed by atoms with Gasteiger partial charge in [0, 0.05) is 17.8 Å². The molecule has 0 saturated carbocycles. The second-order valence-corrected chi connectivity index (χ2v) is 4.83. The number of benzene rings is 1. The van der Waals surface area contributed by atoms with Crippen LogP contribution >= 0.6 is 23.2 Å². The van der Waals surface area contributed by atoms with Crippen LogP contribution in [0.2, 0.25) is 10.2 Å². The summed E-state index contributed by atoms with van der Waals surface area (Å²) in [5, 5.41) is 11.3. The van der Waals surface area contributed by atoms with Gasteiger partial charge in [0.25, 0.3) is 5.69 Å². The molecule has 100 valence electrons. The highest BCUT2D eigenvalue weighted by Gasteiger charge is 2.16. The van der Waals surface area contributed by atoms with Crippen molar-refractivity contribution in [3.05, 3.63) is 50.8 Å². The van der Waals surface area contributed by atoms with Crippen molar-refractivity contribution in [3.8, 4) is 11.4 Å². The fraction of sp³-hybridized carbons (Fsp3) is 0. The molecule has 0 aliphatic heterocycles. The Labute approximate surface area is 122 Å². The van der Waals surface area contributed by atoms with Gasteiger partial charge in [-0.25, -0.2) is 9.97 Å². The van der Waals surface area contributed by atoms with Crippen LogP contribution in [0.5, 0.6) is 0 Å². The summed E-state index contributed by atoms with van der Waals surface area (Å²) in [6.45, 7) is 0. The topological polar surface area (TPSA) is 84.7 Å². The van der Waals surface area contributed by atoms with Crippen LogP contribution in [-0.2, 0) is 0 Å². The molecule has 3 rings (SSSR count). The van der Waals surface area contributed by atoms with Crippen molar-refractivity contribution in [2.45, 2.75) is 0 Å².